The van der Waals surface area contributed by atoms with Gasteiger partial charge in [-0.25, -0.2) is 13.2 Å². The van der Waals surface area contributed by atoms with Gasteiger partial charge in [0.05, 0.1) is 39.2 Å². The average Bonchev–Trinajstić information content (AvgIpc) is 2.62. The quantitative estimate of drug-likeness (QED) is 0.730. The molecule has 0 bridgehead atoms. The molecule has 10 heteroatoms. The molecule has 2 aliphatic heterocycles. The molecular formula is C17H25N3O6S. The average molecular weight is 399 g/mol. The van der Waals surface area contributed by atoms with Crippen molar-refractivity contribution in [1.82, 2.24) is 14.5 Å². The highest BCUT2D eigenvalue weighted by molar-refractivity contribution is 7.88. The fourth-order valence-electron chi connectivity index (χ4n) is 3.00. The molecule has 2 saturated heterocycles. The molecule has 1 unspecified atom stereocenters. The first-order chi connectivity index (χ1) is 12.9. The normalized spacial score (nSPS) is 21.4. The van der Waals surface area contributed by atoms with E-state index in [0.717, 1.165) is 0 Å². The van der Waals surface area contributed by atoms with E-state index in [2.05, 4.69) is 5.32 Å². The lowest BCUT2D eigenvalue weighted by molar-refractivity contribution is -0.00137. The van der Waals surface area contributed by atoms with Crippen LogP contribution in [0.3, 0.4) is 0 Å². The van der Waals surface area contributed by atoms with E-state index in [1.165, 1.54) is 10.6 Å². The molecule has 2 fully saturated rings. The van der Waals surface area contributed by atoms with Gasteiger partial charge in [-0.3, -0.25) is 0 Å². The maximum absolute atomic E-state index is 12.2. The molecule has 2 amide bonds. The third-order valence-corrected chi connectivity index (χ3v) is 5.82. The van der Waals surface area contributed by atoms with Crippen LogP contribution >= 0.6 is 0 Å². The number of hydrogen-bond donors (Lipinski definition) is 1. The van der Waals surface area contributed by atoms with Crippen LogP contribution in [0.4, 0.5) is 4.79 Å². The van der Waals surface area contributed by atoms with Gasteiger partial charge in [0.1, 0.15) is 6.10 Å². The highest BCUT2D eigenvalue weighted by Gasteiger charge is 2.33. The molecule has 1 N–H and O–H groups in total. The maximum Gasteiger partial charge on any atom is 0.317 e. The summed E-state index contributed by atoms with van der Waals surface area (Å²) in [6.07, 6.45) is 0.744. The first-order valence-electron chi connectivity index (χ1n) is 8.76. The Balaban J connectivity index is 1.40. The van der Waals surface area contributed by atoms with Crippen LogP contribution in [-0.4, -0.2) is 88.6 Å². The topological polar surface area (TPSA) is 97.4 Å². The number of methoxy groups -OCH3 is 1. The summed E-state index contributed by atoms with van der Waals surface area (Å²) in [7, 11) is -1.66. The largest absolute Gasteiger partial charge is 0.493 e. The van der Waals surface area contributed by atoms with Crippen LogP contribution in [0.2, 0.25) is 0 Å². The van der Waals surface area contributed by atoms with Gasteiger partial charge in [-0.2, -0.15) is 4.31 Å². The molecular weight excluding hydrogens is 374 g/mol. The van der Waals surface area contributed by atoms with Gasteiger partial charge >= 0.3 is 6.03 Å². The van der Waals surface area contributed by atoms with Crippen LogP contribution in [0.25, 0.3) is 0 Å². The molecule has 3 rings (SSSR count). The van der Waals surface area contributed by atoms with Gasteiger partial charge < -0.3 is 24.4 Å². The summed E-state index contributed by atoms with van der Waals surface area (Å²) in [6, 6.07) is 7.17. The van der Waals surface area contributed by atoms with Gasteiger partial charge in [0.25, 0.3) is 0 Å². The molecule has 2 aliphatic rings. The fraction of sp³-hybridized carbons (Fsp3) is 0.588. The molecule has 27 heavy (non-hydrogen) atoms. The zero-order chi connectivity index (χ0) is 19.4. The SMILES string of the molecule is COc1ccccc1OC1CN(C(=O)NCC2CN(S(C)(=O)=O)CCO2)C1. The Kier molecular flexibility index (Phi) is 6.08. The maximum atomic E-state index is 12.2. The lowest BCUT2D eigenvalue weighted by Gasteiger charge is -2.39. The third kappa shape index (κ3) is 5.02. The van der Waals surface area contributed by atoms with E-state index in [-0.39, 0.29) is 31.3 Å². The van der Waals surface area contributed by atoms with E-state index < -0.39 is 10.0 Å². The van der Waals surface area contributed by atoms with Crippen molar-refractivity contribution in [3.05, 3.63) is 24.3 Å². The predicted octanol–water partition coefficient (Wildman–Crippen LogP) is 0.128. The highest BCUT2D eigenvalue weighted by atomic mass is 32.2. The van der Waals surface area contributed by atoms with Crippen molar-refractivity contribution < 1.29 is 27.4 Å². The zero-order valence-electron chi connectivity index (χ0n) is 15.5. The number of sulfonamides is 1. The lowest BCUT2D eigenvalue weighted by atomic mass is 10.2. The van der Waals surface area contributed by atoms with E-state index in [4.69, 9.17) is 14.2 Å². The van der Waals surface area contributed by atoms with E-state index >= 15 is 0 Å². The molecule has 0 radical (unpaired) electrons. The van der Waals surface area contributed by atoms with Gasteiger partial charge in [0, 0.05) is 19.6 Å². The van der Waals surface area contributed by atoms with Crippen LogP contribution in [-0.2, 0) is 14.8 Å². The molecule has 9 nitrogen and oxygen atoms in total. The molecule has 150 valence electrons. The second kappa shape index (κ2) is 8.32. The Morgan fingerprint density at radius 3 is 2.63 bits per heavy atom. The Bertz CT molecular complexity index is 766. The number of urea groups is 1. The standard InChI is InChI=1S/C17H25N3O6S/c1-24-15-5-3-4-6-16(15)26-14-10-19(11-14)17(21)18-9-13-12-20(7-8-25-13)27(2,22)23/h3-6,13-14H,7-12H2,1-2H3,(H,18,21). The number of nitrogens with zero attached hydrogens (tertiary/aromatic N) is 2. The number of carbonyl (C=O) groups excluding carboxylic acids is 1. The Morgan fingerprint density at radius 2 is 1.96 bits per heavy atom. The monoisotopic (exact) mass is 399 g/mol. The number of para-hydroxylation sites is 2. The smallest absolute Gasteiger partial charge is 0.317 e. The number of rotatable bonds is 6. The van der Waals surface area contributed by atoms with E-state index in [9.17, 15) is 13.2 Å². The summed E-state index contributed by atoms with van der Waals surface area (Å²) in [5.74, 6) is 1.31. The molecule has 1 aromatic carbocycles. The molecule has 0 spiro atoms. The summed E-state index contributed by atoms with van der Waals surface area (Å²) >= 11 is 0. The van der Waals surface area contributed by atoms with E-state index in [1.807, 2.05) is 24.3 Å². The first-order valence-corrected chi connectivity index (χ1v) is 10.6. The second-order valence-corrected chi connectivity index (χ2v) is 8.58. The van der Waals surface area contributed by atoms with Gasteiger partial charge in [-0.05, 0) is 12.1 Å². The number of benzene rings is 1. The lowest BCUT2D eigenvalue weighted by Crippen LogP contribution is -2.60. The Hall–Kier alpha value is -2.04. The van der Waals surface area contributed by atoms with Gasteiger partial charge in [-0.1, -0.05) is 12.1 Å². The van der Waals surface area contributed by atoms with Crippen LogP contribution in [0.5, 0.6) is 11.5 Å². The highest BCUT2D eigenvalue weighted by Crippen LogP contribution is 2.28. The number of nitrogens with one attached hydrogen (secondary N) is 1. The van der Waals surface area contributed by atoms with Crippen LogP contribution in [0.15, 0.2) is 24.3 Å². The van der Waals surface area contributed by atoms with Crippen LogP contribution < -0.4 is 14.8 Å². The number of likely N-dealkylation sites (tertiary alicyclic amines) is 1. The molecule has 0 aliphatic carbocycles. The van der Waals surface area contributed by atoms with Crippen molar-refractivity contribution >= 4 is 16.1 Å². The van der Waals surface area contributed by atoms with E-state index in [0.29, 0.717) is 37.7 Å². The van der Waals surface area contributed by atoms with Crippen LogP contribution in [0.1, 0.15) is 0 Å². The van der Waals surface area contributed by atoms with Gasteiger partial charge in [0.2, 0.25) is 10.0 Å². The Labute approximate surface area is 159 Å². The second-order valence-electron chi connectivity index (χ2n) is 6.60. The summed E-state index contributed by atoms with van der Waals surface area (Å²) in [6.45, 7) is 2.14. The minimum absolute atomic E-state index is 0.0845. The minimum atomic E-state index is -3.25. The molecule has 2 heterocycles. The Morgan fingerprint density at radius 1 is 1.26 bits per heavy atom. The van der Waals surface area contributed by atoms with Gasteiger partial charge in [-0.15, -0.1) is 0 Å². The first kappa shape index (κ1) is 19.7. The summed E-state index contributed by atoms with van der Waals surface area (Å²) in [4.78, 5) is 13.9. The zero-order valence-corrected chi connectivity index (χ0v) is 16.3. The molecule has 1 atom stereocenters. The van der Waals surface area contributed by atoms with Gasteiger partial charge in [0.15, 0.2) is 11.5 Å². The molecule has 0 aromatic heterocycles. The minimum Gasteiger partial charge on any atom is -0.493 e. The molecule has 1 aromatic rings. The van der Waals surface area contributed by atoms with Crippen molar-refractivity contribution in [2.45, 2.75) is 12.2 Å². The fourth-order valence-corrected chi connectivity index (χ4v) is 3.85. The number of ether oxygens (including phenoxy) is 3. The number of carbonyl (C=O) groups is 1. The van der Waals surface area contributed by atoms with E-state index in [1.54, 1.807) is 12.0 Å². The summed E-state index contributed by atoms with van der Waals surface area (Å²) < 4.78 is 41.2. The predicted molar refractivity (Wildman–Crippen MR) is 98.5 cm³/mol. The van der Waals surface area contributed by atoms with Crippen LogP contribution in [0, 0.1) is 0 Å². The van der Waals surface area contributed by atoms with Crippen molar-refractivity contribution in [2.24, 2.45) is 0 Å². The summed E-state index contributed by atoms with van der Waals surface area (Å²) in [5.41, 5.74) is 0. The number of morpholine rings is 1. The number of amides is 2. The van der Waals surface area contributed by atoms with Crippen molar-refractivity contribution in [3.8, 4) is 11.5 Å². The van der Waals surface area contributed by atoms with Crippen molar-refractivity contribution in [1.29, 1.82) is 0 Å². The summed E-state index contributed by atoms with van der Waals surface area (Å²) in [5, 5.41) is 2.79. The van der Waals surface area contributed by atoms with Crippen molar-refractivity contribution in [2.75, 3.05) is 52.7 Å². The number of hydrogen-bond acceptors (Lipinski definition) is 6. The molecule has 0 saturated carbocycles. The third-order valence-electron chi connectivity index (χ3n) is 4.55. The van der Waals surface area contributed by atoms with Crippen molar-refractivity contribution in [3.63, 3.8) is 0 Å².